The molecule has 3 aromatic heterocycles. The predicted octanol–water partition coefficient (Wildman–Crippen LogP) is 2.12. The molecule has 1 atom stereocenters. The first-order valence-corrected chi connectivity index (χ1v) is 8.06. The van der Waals surface area contributed by atoms with Crippen molar-refractivity contribution in [3.8, 4) is 17.2 Å². The van der Waals surface area contributed by atoms with Gasteiger partial charge in [-0.15, -0.1) is 0 Å². The molecule has 0 aliphatic heterocycles. The number of carboxylic acid groups (broad SMARTS) is 1. The number of aliphatic carboxylic acids is 1. The van der Waals surface area contributed by atoms with Gasteiger partial charge in [0.05, 0.1) is 35.4 Å². The zero-order valence-corrected chi connectivity index (χ0v) is 14.4. The lowest BCUT2D eigenvalue weighted by molar-refractivity contribution is -0.134. The number of nitriles is 1. The number of nitrogens with zero attached hydrogens (tertiary/aromatic N) is 5. The number of hydrogen-bond donors (Lipinski definition) is 2. The van der Waals surface area contributed by atoms with E-state index >= 15 is 0 Å². The van der Waals surface area contributed by atoms with Crippen LogP contribution in [0.1, 0.15) is 25.6 Å². The van der Waals surface area contributed by atoms with Crippen LogP contribution in [-0.4, -0.2) is 43.6 Å². The Hall–Kier alpha value is -3.38. The van der Waals surface area contributed by atoms with Gasteiger partial charge in [-0.2, -0.15) is 15.5 Å². The van der Waals surface area contributed by atoms with E-state index in [1.807, 2.05) is 20.0 Å². The average molecular weight is 354 g/mol. The highest BCUT2D eigenvalue weighted by Crippen LogP contribution is 2.30. The second kappa shape index (κ2) is 7.25. The number of hydrogen-bond acceptors (Lipinski definition) is 6. The van der Waals surface area contributed by atoms with Crippen LogP contribution in [0.25, 0.3) is 16.6 Å². The minimum absolute atomic E-state index is 0.207. The molecule has 2 N–H and O–H groups in total. The van der Waals surface area contributed by atoms with Gasteiger partial charge in [-0.25, -0.2) is 9.20 Å². The molecule has 0 aliphatic carbocycles. The number of rotatable bonds is 7. The van der Waals surface area contributed by atoms with Crippen molar-refractivity contribution in [2.45, 2.75) is 20.1 Å². The number of anilines is 1. The molecule has 3 heterocycles. The Morgan fingerprint density at radius 3 is 2.92 bits per heavy atom. The first-order chi connectivity index (χ1) is 12.5. The molecule has 0 radical (unpaired) electrons. The topological polar surface area (TPSA) is 117 Å². The molecular formula is C17H18N6O3. The maximum atomic E-state index is 10.7. The maximum absolute atomic E-state index is 10.7. The molecule has 0 aliphatic rings. The standard InChI is InChI=1S/C17H18N6O3/c1-3-26-11(2)22-9-13(7-20-22)17-12(5-18)6-21-23-10-14(4-15(17)23)19-8-16(24)25/h4,6-7,9-11,19H,3,8H2,1-2H3,(H,24,25). The van der Waals surface area contributed by atoms with Crippen LogP contribution in [0.15, 0.2) is 30.9 Å². The van der Waals surface area contributed by atoms with E-state index in [2.05, 4.69) is 21.6 Å². The van der Waals surface area contributed by atoms with E-state index in [0.717, 1.165) is 5.56 Å². The van der Waals surface area contributed by atoms with Crippen LogP contribution in [0.4, 0.5) is 5.69 Å². The van der Waals surface area contributed by atoms with E-state index < -0.39 is 5.97 Å². The fourth-order valence-electron chi connectivity index (χ4n) is 2.70. The van der Waals surface area contributed by atoms with E-state index in [-0.39, 0.29) is 12.8 Å². The number of ether oxygens (including phenoxy) is 1. The summed E-state index contributed by atoms with van der Waals surface area (Å²) in [5.74, 6) is -0.961. The molecule has 0 bridgehead atoms. The third kappa shape index (κ3) is 3.36. The van der Waals surface area contributed by atoms with Crippen LogP contribution in [0.5, 0.6) is 0 Å². The molecule has 3 rings (SSSR count). The third-order valence-electron chi connectivity index (χ3n) is 3.87. The zero-order chi connectivity index (χ0) is 18.7. The van der Waals surface area contributed by atoms with E-state index in [1.165, 1.54) is 6.20 Å². The Labute approximate surface area is 149 Å². The van der Waals surface area contributed by atoms with E-state index in [0.29, 0.717) is 28.9 Å². The summed E-state index contributed by atoms with van der Waals surface area (Å²) in [6, 6.07) is 3.91. The Bertz CT molecular complexity index is 984. The monoisotopic (exact) mass is 354 g/mol. The molecule has 9 heteroatoms. The Morgan fingerprint density at radius 2 is 2.23 bits per heavy atom. The highest BCUT2D eigenvalue weighted by atomic mass is 16.5. The van der Waals surface area contributed by atoms with E-state index in [4.69, 9.17) is 9.84 Å². The normalized spacial score (nSPS) is 12.0. The smallest absolute Gasteiger partial charge is 0.322 e. The van der Waals surface area contributed by atoms with Crippen molar-refractivity contribution in [2.75, 3.05) is 18.5 Å². The van der Waals surface area contributed by atoms with Crippen molar-refractivity contribution in [3.05, 3.63) is 36.4 Å². The Morgan fingerprint density at radius 1 is 1.42 bits per heavy atom. The summed E-state index contributed by atoms with van der Waals surface area (Å²) in [4.78, 5) is 10.7. The van der Waals surface area contributed by atoms with Gasteiger partial charge < -0.3 is 15.2 Å². The molecule has 0 amide bonds. The fraction of sp³-hybridized carbons (Fsp3) is 0.294. The van der Waals surface area contributed by atoms with Crippen molar-refractivity contribution in [1.82, 2.24) is 19.4 Å². The van der Waals surface area contributed by atoms with Gasteiger partial charge in [-0.05, 0) is 19.9 Å². The lowest BCUT2D eigenvalue weighted by Crippen LogP contribution is -2.11. The molecule has 26 heavy (non-hydrogen) atoms. The van der Waals surface area contributed by atoms with Crippen LogP contribution < -0.4 is 5.32 Å². The van der Waals surface area contributed by atoms with Gasteiger partial charge in [0.25, 0.3) is 0 Å². The van der Waals surface area contributed by atoms with Gasteiger partial charge in [0.1, 0.15) is 18.8 Å². The van der Waals surface area contributed by atoms with E-state index in [9.17, 15) is 10.1 Å². The molecule has 9 nitrogen and oxygen atoms in total. The lowest BCUT2D eigenvalue weighted by Gasteiger charge is -2.11. The highest BCUT2D eigenvalue weighted by Gasteiger charge is 2.16. The fourth-order valence-corrected chi connectivity index (χ4v) is 2.70. The number of carbonyl (C=O) groups is 1. The van der Waals surface area contributed by atoms with Crippen molar-refractivity contribution in [3.63, 3.8) is 0 Å². The minimum Gasteiger partial charge on any atom is -0.480 e. The summed E-state index contributed by atoms with van der Waals surface area (Å²) in [6.07, 6.45) is 6.41. The summed E-state index contributed by atoms with van der Waals surface area (Å²) in [6.45, 7) is 4.16. The summed E-state index contributed by atoms with van der Waals surface area (Å²) in [5, 5.41) is 29.6. The summed E-state index contributed by atoms with van der Waals surface area (Å²) >= 11 is 0. The van der Waals surface area contributed by atoms with Crippen LogP contribution >= 0.6 is 0 Å². The van der Waals surface area contributed by atoms with Gasteiger partial charge in [0.2, 0.25) is 0 Å². The van der Waals surface area contributed by atoms with Crippen molar-refractivity contribution in [2.24, 2.45) is 0 Å². The molecule has 0 saturated carbocycles. The lowest BCUT2D eigenvalue weighted by atomic mass is 10.1. The van der Waals surface area contributed by atoms with Gasteiger partial charge in [0, 0.05) is 23.9 Å². The van der Waals surface area contributed by atoms with Crippen LogP contribution in [-0.2, 0) is 9.53 Å². The zero-order valence-electron chi connectivity index (χ0n) is 14.4. The molecule has 1 unspecified atom stereocenters. The quantitative estimate of drug-likeness (QED) is 0.667. The predicted molar refractivity (Wildman–Crippen MR) is 93.6 cm³/mol. The second-order valence-corrected chi connectivity index (χ2v) is 5.61. The number of nitrogens with one attached hydrogen (secondary N) is 1. The molecule has 3 aromatic rings. The van der Waals surface area contributed by atoms with Crippen molar-refractivity contribution >= 4 is 17.2 Å². The van der Waals surface area contributed by atoms with Crippen LogP contribution in [0.2, 0.25) is 0 Å². The third-order valence-corrected chi connectivity index (χ3v) is 3.87. The Kier molecular flexibility index (Phi) is 4.86. The molecule has 0 fully saturated rings. The summed E-state index contributed by atoms with van der Waals surface area (Å²) in [7, 11) is 0. The van der Waals surface area contributed by atoms with E-state index in [1.54, 1.807) is 27.7 Å². The maximum Gasteiger partial charge on any atom is 0.322 e. The number of carboxylic acids is 1. The van der Waals surface area contributed by atoms with Crippen LogP contribution in [0, 0.1) is 11.3 Å². The highest BCUT2D eigenvalue weighted by molar-refractivity contribution is 5.86. The SMILES string of the molecule is CCOC(C)n1cc(-c2c(C#N)cnn3cc(NCC(=O)O)cc23)cn1. The van der Waals surface area contributed by atoms with Crippen molar-refractivity contribution < 1.29 is 14.6 Å². The van der Waals surface area contributed by atoms with Gasteiger partial charge in [-0.1, -0.05) is 0 Å². The first-order valence-electron chi connectivity index (χ1n) is 8.06. The Balaban J connectivity index is 2.06. The first kappa shape index (κ1) is 17.4. The van der Waals surface area contributed by atoms with Crippen LogP contribution in [0.3, 0.4) is 0 Å². The number of fused-ring (bicyclic) bond motifs is 1. The molecule has 0 spiro atoms. The largest absolute Gasteiger partial charge is 0.480 e. The minimum atomic E-state index is -0.961. The van der Waals surface area contributed by atoms with Gasteiger partial charge >= 0.3 is 5.97 Å². The molecule has 0 saturated heterocycles. The van der Waals surface area contributed by atoms with Gasteiger partial charge in [-0.3, -0.25) is 4.79 Å². The number of aromatic nitrogens is 4. The van der Waals surface area contributed by atoms with Crippen molar-refractivity contribution in [1.29, 1.82) is 5.26 Å². The molecular weight excluding hydrogens is 336 g/mol. The van der Waals surface area contributed by atoms with Gasteiger partial charge in [0.15, 0.2) is 0 Å². The molecule has 134 valence electrons. The average Bonchev–Trinajstić information content (AvgIpc) is 3.26. The second-order valence-electron chi connectivity index (χ2n) is 5.61. The summed E-state index contributed by atoms with van der Waals surface area (Å²) in [5.41, 5.74) is 3.13. The molecule has 0 aromatic carbocycles. The summed E-state index contributed by atoms with van der Waals surface area (Å²) < 4.78 is 8.82.